The lowest BCUT2D eigenvalue weighted by molar-refractivity contribution is -0.139. The number of primary amides is 1. The van der Waals surface area contributed by atoms with Gasteiger partial charge in [0.2, 0.25) is 5.91 Å². The predicted octanol–water partition coefficient (Wildman–Crippen LogP) is -0.315. The highest BCUT2D eigenvalue weighted by molar-refractivity contribution is 6.22. The molecule has 104 valence electrons. The van der Waals surface area contributed by atoms with E-state index in [9.17, 15) is 19.2 Å². The van der Waals surface area contributed by atoms with Gasteiger partial charge in [-0.1, -0.05) is 0 Å². The summed E-state index contributed by atoms with van der Waals surface area (Å²) in [5.41, 5.74) is 5.56. The van der Waals surface area contributed by atoms with Crippen molar-refractivity contribution in [1.82, 2.24) is 5.32 Å². The van der Waals surface area contributed by atoms with Gasteiger partial charge in [0, 0.05) is 5.56 Å². The molecule has 0 saturated carbocycles. The molecule has 1 saturated heterocycles. The quantitative estimate of drug-likeness (QED) is 0.649. The maximum Gasteiger partial charge on any atom is 0.329 e. The molecule has 0 aliphatic carbocycles. The summed E-state index contributed by atoms with van der Waals surface area (Å²) in [7, 11) is 0. The van der Waals surface area contributed by atoms with Crippen LogP contribution in [0.15, 0.2) is 24.3 Å². The molecule has 1 atom stereocenters. The van der Waals surface area contributed by atoms with Crippen LogP contribution in [0.2, 0.25) is 0 Å². The van der Waals surface area contributed by atoms with Crippen molar-refractivity contribution in [2.45, 2.75) is 12.5 Å². The van der Waals surface area contributed by atoms with E-state index in [1.165, 1.54) is 24.3 Å². The van der Waals surface area contributed by atoms with Crippen molar-refractivity contribution in [1.29, 1.82) is 0 Å². The number of carbonyl (C=O) groups is 4. The van der Waals surface area contributed by atoms with Crippen molar-refractivity contribution in [2.24, 2.45) is 5.73 Å². The van der Waals surface area contributed by atoms with E-state index in [2.05, 4.69) is 5.32 Å². The monoisotopic (exact) mass is 277 g/mol. The first kappa shape index (κ1) is 13.5. The van der Waals surface area contributed by atoms with Gasteiger partial charge in [0.05, 0.1) is 12.1 Å². The lowest BCUT2D eigenvalue weighted by atomic mass is 10.1. The largest absolute Gasteiger partial charge is 0.481 e. The second-order valence-corrected chi connectivity index (χ2v) is 4.18. The highest BCUT2D eigenvalue weighted by Crippen LogP contribution is 2.21. The van der Waals surface area contributed by atoms with E-state index in [4.69, 9.17) is 10.8 Å². The fourth-order valence-corrected chi connectivity index (χ4v) is 1.86. The minimum atomic E-state index is -1.19. The molecular weight excluding hydrogens is 266 g/mol. The average molecular weight is 277 g/mol. The number of carboxylic acid groups (broad SMARTS) is 1. The van der Waals surface area contributed by atoms with E-state index in [1.54, 1.807) is 0 Å². The van der Waals surface area contributed by atoms with Crippen LogP contribution in [0, 0.1) is 0 Å². The molecule has 1 aliphatic rings. The zero-order valence-corrected chi connectivity index (χ0v) is 10.2. The van der Waals surface area contributed by atoms with Gasteiger partial charge in [0.25, 0.3) is 5.91 Å². The number of hydrogen-bond acceptors (Lipinski definition) is 4. The van der Waals surface area contributed by atoms with Crippen molar-refractivity contribution in [3.8, 4) is 0 Å². The van der Waals surface area contributed by atoms with Gasteiger partial charge in [0.15, 0.2) is 0 Å². The lowest BCUT2D eigenvalue weighted by Gasteiger charge is -2.12. The van der Waals surface area contributed by atoms with Gasteiger partial charge in [0.1, 0.15) is 6.04 Å². The van der Waals surface area contributed by atoms with Crippen LogP contribution < -0.4 is 16.0 Å². The molecule has 4 amide bonds. The Bertz CT molecular complexity index is 596. The minimum absolute atomic E-state index is 0.239. The Labute approximate surface area is 113 Å². The van der Waals surface area contributed by atoms with Crippen LogP contribution in [0.1, 0.15) is 16.8 Å². The second-order valence-electron chi connectivity index (χ2n) is 4.18. The minimum Gasteiger partial charge on any atom is -0.481 e. The number of benzene rings is 1. The van der Waals surface area contributed by atoms with Gasteiger partial charge < -0.3 is 16.2 Å². The van der Waals surface area contributed by atoms with Gasteiger partial charge in [-0.15, -0.1) is 0 Å². The summed E-state index contributed by atoms with van der Waals surface area (Å²) in [6.45, 7) is 0. The number of carboxylic acids is 1. The maximum absolute atomic E-state index is 12.0. The Hall–Kier alpha value is -2.90. The van der Waals surface area contributed by atoms with E-state index in [0.717, 1.165) is 4.90 Å². The Balaban J connectivity index is 2.24. The molecule has 8 nitrogen and oxygen atoms in total. The third-order valence-electron chi connectivity index (χ3n) is 2.81. The Morgan fingerprint density at radius 2 is 1.85 bits per heavy atom. The van der Waals surface area contributed by atoms with Gasteiger partial charge in [-0.3, -0.25) is 14.4 Å². The first-order valence-corrected chi connectivity index (χ1v) is 5.66. The van der Waals surface area contributed by atoms with E-state index in [-0.39, 0.29) is 11.3 Å². The van der Waals surface area contributed by atoms with E-state index in [0.29, 0.717) is 0 Å². The van der Waals surface area contributed by atoms with Gasteiger partial charge in [-0.2, -0.15) is 0 Å². The number of nitrogens with one attached hydrogen (secondary N) is 1. The van der Waals surface area contributed by atoms with E-state index < -0.39 is 36.3 Å². The third kappa shape index (κ3) is 2.44. The standard InChI is InChI=1S/C12H11N3O5/c13-10(18)6-1-3-7(4-2-6)15-11(19)8(5-9(16)17)14-12(15)20/h1-4,8H,5H2,(H2,13,18)(H,14,20)(H,16,17)/t8-/m0/s1. The van der Waals surface area contributed by atoms with Gasteiger partial charge >= 0.3 is 12.0 Å². The van der Waals surface area contributed by atoms with Gasteiger partial charge in [-0.25, -0.2) is 9.69 Å². The molecule has 0 unspecified atom stereocenters. The van der Waals surface area contributed by atoms with Crippen LogP contribution in [0.4, 0.5) is 10.5 Å². The number of imide groups is 1. The van der Waals surface area contributed by atoms with Crippen LogP contribution in [0.25, 0.3) is 0 Å². The first-order chi connectivity index (χ1) is 9.40. The molecule has 8 heteroatoms. The number of aliphatic carboxylic acids is 1. The van der Waals surface area contributed by atoms with Crippen LogP contribution in [-0.4, -0.2) is 35.0 Å². The Morgan fingerprint density at radius 3 is 2.35 bits per heavy atom. The smallest absolute Gasteiger partial charge is 0.329 e. The molecule has 0 spiro atoms. The van der Waals surface area contributed by atoms with Crippen molar-refractivity contribution < 1.29 is 24.3 Å². The number of hydrogen-bond donors (Lipinski definition) is 3. The number of amides is 4. The molecule has 1 aromatic carbocycles. The van der Waals surface area contributed by atoms with Crippen LogP contribution in [0.5, 0.6) is 0 Å². The predicted molar refractivity (Wildman–Crippen MR) is 67.0 cm³/mol. The zero-order valence-electron chi connectivity index (χ0n) is 10.2. The molecule has 20 heavy (non-hydrogen) atoms. The highest BCUT2D eigenvalue weighted by Gasteiger charge is 2.40. The van der Waals surface area contributed by atoms with E-state index >= 15 is 0 Å². The molecular formula is C12H11N3O5. The van der Waals surface area contributed by atoms with Crippen LogP contribution in [-0.2, 0) is 9.59 Å². The number of carbonyl (C=O) groups excluding carboxylic acids is 3. The normalized spacial score (nSPS) is 18.0. The summed E-state index contributed by atoms with van der Waals surface area (Å²) in [5.74, 6) is -2.46. The second kappa shape index (κ2) is 5.00. The summed E-state index contributed by atoms with van der Waals surface area (Å²) >= 11 is 0. The average Bonchev–Trinajstić information content (AvgIpc) is 2.64. The van der Waals surface area contributed by atoms with Crippen LogP contribution in [0.3, 0.4) is 0 Å². The third-order valence-corrected chi connectivity index (χ3v) is 2.81. The molecule has 1 fully saturated rings. The summed E-state index contributed by atoms with van der Waals surface area (Å²) in [6.07, 6.45) is -0.486. The fraction of sp³-hybridized carbons (Fsp3) is 0.167. The molecule has 1 aromatic rings. The summed E-state index contributed by atoms with van der Waals surface area (Å²) < 4.78 is 0. The number of anilines is 1. The molecule has 1 aliphatic heterocycles. The fourth-order valence-electron chi connectivity index (χ4n) is 1.86. The molecule has 0 aromatic heterocycles. The number of rotatable bonds is 4. The van der Waals surface area contributed by atoms with Crippen molar-refractivity contribution in [2.75, 3.05) is 4.90 Å². The SMILES string of the molecule is NC(=O)c1ccc(N2C(=O)N[C@@H](CC(=O)O)C2=O)cc1. The number of nitrogens with two attached hydrogens (primary N) is 1. The number of nitrogens with zero attached hydrogens (tertiary/aromatic N) is 1. The maximum atomic E-state index is 12.0. The van der Waals surface area contributed by atoms with Gasteiger partial charge in [-0.05, 0) is 24.3 Å². The summed E-state index contributed by atoms with van der Waals surface area (Å²) in [4.78, 5) is 46.0. The summed E-state index contributed by atoms with van der Waals surface area (Å²) in [6, 6.07) is 3.75. The van der Waals surface area contributed by atoms with Crippen molar-refractivity contribution in [3.63, 3.8) is 0 Å². The number of urea groups is 1. The molecule has 0 bridgehead atoms. The van der Waals surface area contributed by atoms with E-state index in [1.807, 2.05) is 0 Å². The molecule has 1 heterocycles. The molecule has 2 rings (SSSR count). The molecule has 0 radical (unpaired) electrons. The first-order valence-electron chi connectivity index (χ1n) is 5.66. The Kier molecular flexibility index (Phi) is 3.38. The van der Waals surface area contributed by atoms with Crippen molar-refractivity contribution in [3.05, 3.63) is 29.8 Å². The lowest BCUT2D eigenvalue weighted by Crippen LogP contribution is -2.32. The molecule has 4 N–H and O–H groups in total. The summed E-state index contributed by atoms with van der Waals surface area (Å²) in [5, 5.41) is 10.9. The van der Waals surface area contributed by atoms with Crippen LogP contribution >= 0.6 is 0 Å². The Morgan fingerprint density at radius 1 is 1.25 bits per heavy atom. The highest BCUT2D eigenvalue weighted by atomic mass is 16.4. The van der Waals surface area contributed by atoms with Crippen molar-refractivity contribution >= 4 is 29.5 Å². The topological polar surface area (TPSA) is 130 Å². The zero-order chi connectivity index (χ0) is 14.9.